The molecule has 0 aliphatic carbocycles. The van der Waals surface area contributed by atoms with Gasteiger partial charge in [-0.25, -0.2) is 0 Å². The van der Waals surface area contributed by atoms with Crippen molar-refractivity contribution in [2.75, 3.05) is 0 Å². The fourth-order valence-corrected chi connectivity index (χ4v) is 0.414. The molecule has 14 heavy (non-hydrogen) atoms. The average Bonchev–Trinajstić information content (AvgIpc) is 2.02. The van der Waals surface area contributed by atoms with E-state index in [0.29, 0.717) is 6.42 Å². The van der Waals surface area contributed by atoms with E-state index in [9.17, 15) is 9.59 Å². The molecule has 0 aromatic carbocycles. The Bertz CT molecular complexity index is 179. The number of aliphatic carboxylic acids is 1. The zero-order chi connectivity index (χ0) is 11.8. The van der Waals surface area contributed by atoms with Gasteiger partial charge in [-0.05, 0) is 20.8 Å². The quantitative estimate of drug-likeness (QED) is 0.700. The minimum absolute atomic E-state index is 0.137. The summed E-state index contributed by atoms with van der Waals surface area (Å²) in [4.78, 5) is 20.0. The topological polar surface area (TPSA) is 63.6 Å². The van der Waals surface area contributed by atoms with Crippen LogP contribution in [0.5, 0.6) is 0 Å². The lowest BCUT2D eigenvalue weighted by molar-refractivity contribution is -0.154. The van der Waals surface area contributed by atoms with Gasteiger partial charge in [-0.1, -0.05) is 13.8 Å². The largest absolute Gasteiger partial charge is 0.481 e. The standard InChI is InChI=1S/C7H14O2.C3H6O2/c1-5-6(8)9-7(2,3)4;1-2-3(4)5/h5H2,1-4H3;2H2,1H3,(H,4,5). The van der Waals surface area contributed by atoms with Crippen molar-refractivity contribution in [3.8, 4) is 0 Å². The molecule has 0 saturated carbocycles. The van der Waals surface area contributed by atoms with E-state index in [2.05, 4.69) is 0 Å². The van der Waals surface area contributed by atoms with Gasteiger partial charge in [0.1, 0.15) is 5.60 Å². The molecule has 0 fully saturated rings. The highest BCUT2D eigenvalue weighted by Gasteiger charge is 2.13. The Hall–Kier alpha value is -1.06. The first-order chi connectivity index (χ1) is 6.22. The van der Waals surface area contributed by atoms with Crippen LogP contribution in [0.15, 0.2) is 0 Å². The predicted molar refractivity (Wildman–Crippen MR) is 54.1 cm³/mol. The van der Waals surface area contributed by atoms with E-state index in [1.54, 1.807) is 13.8 Å². The van der Waals surface area contributed by atoms with Crippen LogP contribution in [0.25, 0.3) is 0 Å². The summed E-state index contributed by atoms with van der Waals surface area (Å²) in [6.45, 7) is 8.97. The normalized spacial score (nSPS) is 9.79. The molecular formula is C10H20O4. The third-order valence-corrected chi connectivity index (χ3v) is 1.01. The molecule has 1 N–H and O–H groups in total. The predicted octanol–water partition coefficient (Wildman–Crippen LogP) is 2.22. The van der Waals surface area contributed by atoms with Gasteiger partial charge >= 0.3 is 11.9 Å². The number of carbonyl (C=O) groups is 2. The molecule has 0 atom stereocenters. The van der Waals surface area contributed by atoms with Gasteiger partial charge in [0.25, 0.3) is 0 Å². The van der Waals surface area contributed by atoms with E-state index >= 15 is 0 Å². The van der Waals surface area contributed by atoms with Gasteiger partial charge in [0.05, 0.1) is 0 Å². The van der Waals surface area contributed by atoms with Crippen LogP contribution < -0.4 is 0 Å². The van der Waals surface area contributed by atoms with E-state index < -0.39 is 5.97 Å². The van der Waals surface area contributed by atoms with Crippen molar-refractivity contribution in [2.24, 2.45) is 0 Å². The second-order valence-corrected chi connectivity index (χ2v) is 3.69. The van der Waals surface area contributed by atoms with Gasteiger partial charge in [0.2, 0.25) is 0 Å². The summed E-state index contributed by atoms with van der Waals surface area (Å²) in [6, 6.07) is 0. The van der Waals surface area contributed by atoms with E-state index in [1.807, 2.05) is 20.8 Å². The van der Waals surface area contributed by atoms with Gasteiger partial charge in [-0.2, -0.15) is 0 Å². The molecule has 0 radical (unpaired) electrons. The first-order valence-corrected chi connectivity index (χ1v) is 4.66. The summed E-state index contributed by atoms with van der Waals surface area (Å²) in [5.74, 6) is -0.882. The Morgan fingerprint density at radius 2 is 1.50 bits per heavy atom. The van der Waals surface area contributed by atoms with Crippen LogP contribution in [0.3, 0.4) is 0 Å². The van der Waals surface area contributed by atoms with Crippen LogP contribution in [0.1, 0.15) is 47.5 Å². The summed E-state index contributed by atoms with van der Waals surface area (Å²) in [7, 11) is 0. The number of carboxylic acids is 1. The molecule has 4 nitrogen and oxygen atoms in total. The molecule has 0 unspecified atom stereocenters. The lowest BCUT2D eigenvalue weighted by Gasteiger charge is -2.18. The fraction of sp³-hybridized carbons (Fsp3) is 0.800. The Kier molecular flexibility index (Phi) is 8.10. The molecule has 0 aromatic heterocycles. The van der Waals surface area contributed by atoms with E-state index in [4.69, 9.17) is 9.84 Å². The zero-order valence-corrected chi connectivity index (χ0v) is 9.59. The van der Waals surface area contributed by atoms with Crippen molar-refractivity contribution in [3.05, 3.63) is 0 Å². The van der Waals surface area contributed by atoms with Gasteiger partial charge in [-0.3, -0.25) is 9.59 Å². The molecule has 0 heterocycles. The fourth-order valence-electron chi connectivity index (χ4n) is 0.414. The van der Waals surface area contributed by atoms with Crippen LogP contribution in [0.2, 0.25) is 0 Å². The second-order valence-electron chi connectivity index (χ2n) is 3.69. The maximum atomic E-state index is 10.6. The average molecular weight is 204 g/mol. The first-order valence-electron chi connectivity index (χ1n) is 4.66. The minimum atomic E-state index is -0.745. The number of carbonyl (C=O) groups excluding carboxylic acids is 1. The highest BCUT2D eigenvalue weighted by Crippen LogP contribution is 2.07. The molecule has 0 amide bonds. The van der Waals surface area contributed by atoms with Crippen molar-refractivity contribution >= 4 is 11.9 Å². The Morgan fingerprint density at radius 3 is 1.57 bits per heavy atom. The third-order valence-electron chi connectivity index (χ3n) is 1.01. The van der Waals surface area contributed by atoms with Crippen molar-refractivity contribution in [1.82, 2.24) is 0 Å². The Balaban J connectivity index is 0. The summed E-state index contributed by atoms with van der Waals surface area (Å²) < 4.78 is 4.95. The van der Waals surface area contributed by atoms with Gasteiger partial charge in [-0.15, -0.1) is 0 Å². The maximum Gasteiger partial charge on any atom is 0.306 e. The number of esters is 1. The van der Waals surface area contributed by atoms with E-state index in [0.717, 1.165) is 0 Å². The van der Waals surface area contributed by atoms with Crippen LogP contribution >= 0.6 is 0 Å². The monoisotopic (exact) mass is 204 g/mol. The lowest BCUT2D eigenvalue weighted by atomic mass is 10.2. The second kappa shape index (κ2) is 7.35. The lowest BCUT2D eigenvalue weighted by Crippen LogP contribution is -2.23. The number of hydrogen-bond donors (Lipinski definition) is 1. The third kappa shape index (κ3) is 17.1. The number of ether oxygens (including phenoxy) is 1. The summed E-state index contributed by atoms with van der Waals surface area (Å²) in [6.07, 6.45) is 0.678. The minimum Gasteiger partial charge on any atom is -0.481 e. The molecule has 0 aromatic rings. The first kappa shape index (κ1) is 15.4. The number of hydrogen-bond acceptors (Lipinski definition) is 3. The van der Waals surface area contributed by atoms with Crippen molar-refractivity contribution < 1.29 is 19.4 Å². The van der Waals surface area contributed by atoms with Crippen molar-refractivity contribution in [3.63, 3.8) is 0 Å². The zero-order valence-electron chi connectivity index (χ0n) is 9.59. The SMILES string of the molecule is CCC(=O)O.CCC(=O)OC(C)(C)C. The number of carboxylic acid groups (broad SMARTS) is 1. The Morgan fingerprint density at radius 1 is 1.14 bits per heavy atom. The number of rotatable bonds is 2. The Labute approximate surface area is 85.3 Å². The molecule has 84 valence electrons. The highest BCUT2D eigenvalue weighted by atomic mass is 16.6. The molecular weight excluding hydrogens is 184 g/mol. The highest BCUT2D eigenvalue weighted by molar-refractivity contribution is 5.69. The summed E-state index contributed by atoms with van der Waals surface area (Å²) in [5, 5.41) is 7.72. The van der Waals surface area contributed by atoms with Crippen molar-refractivity contribution in [2.45, 2.75) is 53.1 Å². The van der Waals surface area contributed by atoms with Crippen LogP contribution in [0, 0.1) is 0 Å². The van der Waals surface area contributed by atoms with Gasteiger partial charge in [0.15, 0.2) is 0 Å². The van der Waals surface area contributed by atoms with Crippen LogP contribution in [-0.4, -0.2) is 22.6 Å². The molecule has 0 rings (SSSR count). The van der Waals surface area contributed by atoms with Gasteiger partial charge in [0, 0.05) is 12.8 Å². The summed E-state index contributed by atoms with van der Waals surface area (Å²) >= 11 is 0. The van der Waals surface area contributed by atoms with E-state index in [1.165, 1.54) is 0 Å². The smallest absolute Gasteiger partial charge is 0.306 e. The summed E-state index contributed by atoms with van der Waals surface area (Å²) in [5.41, 5.74) is -0.326. The molecule has 0 spiro atoms. The van der Waals surface area contributed by atoms with Gasteiger partial charge < -0.3 is 9.84 Å². The molecule has 4 heteroatoms. The molecule has 0 aliphatic rings. The molecule has 0 aliphatic heterocycles. The van der Waals surface area contributed by atoms with Crippen LogP contribution in [0.4, 0.5) is 0 Å². The molecule has 0 saturated heterocycles. The van der Waals surface area contributed by atoms with Crippen molar-refractivity contribution in [1.29, 1.82) is 0 Å². The van der Waals surface area contributed by atoms with Crippen LogP contribution in [-0.2, 0) is 14.3 Å². The molecule has 0 bridgehead atoms. The van der Waals surface area contributed by atoms with E-state index in [-0.39, 0.29) is 18.0 Å². The maximum absolute atomic E-state index is 10.6.